The topological polar surface area (TPSA) is 189 Å². The molecule has 0 aromatic heterocycles. The highest BCUT2D eigenvalue weighted by atomic mass is 32.8. The predicted molar refractivity (Wildman–Crippen MR) is 287 cm³/mol. The Balaban J connectivity index is 0.942. The molecule has 380 valence electrons. The van der Waals surface area contributed by atoms with Crippen LogP contribution in [0.5, 0.6) is 23.0 Å². The Hall–Kier alpha value is -7.31. The maximum Gasteiger partial charge on any atom is 0.261 e. The summed E-state index contributed by atoms with van der Waals surface area (Å²) in [6, 6.07) is 25.8. The standard InChI is InChI=1S/C55H59N7O9S2/c1-31(58-50(63)16-17-55(3,4)73(7)72)51(64)59-32(2)52(65)60-37-19-33(29-70-48-25-42-40(23-46(48)68-5)53(66)61-38(27-56-42)21-35-12-8-10-14-44(35)61)18-34(20-37)30-71-49-26-43-41(24-47(49)69-6)54(67)62-39(28-57-43)22-36-13-9-11-15-45(36)62/h8-15,18-20,23-27,31-32,38-39,57H,16-17,21-22,28-30H2,1-7H3,(H,58,63)(H,59,64)(H,60,65)/t31-,32-,38-,39-,73?/m0/s1. The third kappa shape index (κ3) is 10.6. The number of nitrogens with zero attached hydrogens (tertiary/aromatic N) is 3. The normalized spacial score (nSPS) is 17.4. The Morgan fingerprint density at radius 2 is 1.36 bits per heavy atom. The Bertz CT molecular complexity index is 3090. The maximum atomic E-state index is 14.1. The fraction of sp³-hybridized carbons (Fsp3) is 0.345. The first-order chi connectivity index (χ1) is 35.0. The van der Waals surface area contributed by atoms with Gasteiger partial charge in [-0.05, 0) is 97.7 Å². The van der Waals surface area contributed by atoms with Crippen molar-refractivity contribution in [1.29, 1.82) is 0 Å². The van der Waals surface area contributed by atoms with Gasteiger partial charge in [-0.25, -0.2) is 0 Å². The van der Waals surface area contributed by atoms with E-state index in [1.165, 1.54) is 14.2 Å². The van der Waals surface area contributed by atoms with Crippen molar-refractivity contribution in [3.05, 3.63) is 124 Å². The molecule has 5 aromatic rings. The van der Waals surface area contributed by atoms with E-state index in [0.29, 0.717) is 81.7 Å². The number of amides is 5. The van der Waals surface area contributed by atoms with Gasteiger partial charge in [0.15, 0.2) is 23.0 Å². The zero-order valence-electron chi connectivity index (χ0n) is 41.8. The van der Waals surface area contributed by atoms with Gasteiger partial charge >= 0.3 is 0 Å². The van der Waals surface area contributed by atoms with Gasteiger partial charge in [0.2, 0.25) is 17.7 Å². The van der Waals surface area contributed by atoms with E-state index in [1.54, 1.807) is 61.4 Å². The molecule has 4 aliphatic rings. The molecule has 0 bridgehead atoms. The van der Waals surface area contributed by atoms with Crippen LogP contribution >= 0.6 is 0 Å². The van der Waals surface area contributed by atoms with E-state index in [-0.39, 0.29) is 63.6 Å². The quantitative estimate of drug-likeness (QED) is 0.0729. The third-order valence-electron chi connectivity index (χ3n) is 13.8. The molecule has 9 rings (SSSR count). The van der Waals surface area contributed by atoms with E-state index in [0.717, 1.165) is 28.9 Å². The molecule has 1 unspecified atom stereocenters. The highest BCUT2D eigenvalue weighted by Crippen LogP contribution is 2.43. The lowest BCUT2D eigenvalue weighted by atomic mass is 10.1. The number of methoxy groups -OCH3 is 2. The molecule has 0 saturated carbocycles. The number of anilines is 4. The van der Waals surface area contributed by atoms with Crippen molar-refractivity contribution in [2.75, 3.05) is 47.5 Å². The maximum absolute atomic E-state index is 14.1. The van der Waals surface area contributed by atoms with E-state index in [9.17, 15) is 24.0 Å². The number of carbonyl (C=O) groups is 5. The first kappa shape index (κ1) is 50.6. The first-order valence-electron chi connectivity index (χ1n) is 24.2. The number of fused-ring (bicyclic) bond motifs is 8. The minimum Gasteiger partial charge on any atom is -0.493 e. The summed E-state index contributed by atoms with van der Waals surface area (Å²) in [4.78, 5) is 76.3. The van der Waals surface area contributed by atoms with Crippen molar-refractivity contribution < 1.29 is 42.9 Å². The van der Waals surface area contributed by atoms with Crippen molar-refractivity contribution in [3.63, 3.8) is 0 Å². The van der Waals surface area contributed by atoms with E-state index < -0.39 is 23.9 Å². The fourth-order valence-corrected chi connectivity index (χ4v) is 10.2. The molecule has 18 heteroatoms. The first-order valence-corrected chi connectivity index (χ1v) is 26.7. The van der Waals surface area contributed by atoms with Crippen LogP contribution in [0.3, 0.4) is 0 Å². The molecule has 0 fully saturated rings. The van der Waals surface area contributed by atoms with Gasteiger partial charge in [-0.3, -0.25) is 33.9 Å². The number of hydrogen-bond donors (Lipinski definition) is 4. The van der Waals surface area contributed by atoms with E-state index in [4.69, 9.17) is 35.1 Å². The molecule has 0 spiro atoms. The van der Waals surface area contributed by atoms with Gasteiger partial charge in [-0.2, -0.15) is 0 Å². The Kier molecular flexibility index (Phi) is 14.6. The molecule has 16 nitrogen and oxygen atoms in total. The summed E-state index contributed by atoms with van der Waals surface area (Å²) in [5, 5.41) is 11.8. The third-order valence-corrected chi connectivity index (χ3v) is 17.0. The van der Waals surface area contributed by atoms with Crippen molar-refractivity contribution in [2.24, 2.45) is 4.99 Å². The smallest absolute Gasteiger partial charge is 0.261 e. The summed E-state index contributed by atoms with van der Waals surface area (Å²) in [6.07, 6.45) is 5.93. The van der Waals surface area contributed by atoms with Crippen LogP contribution < -0.4 is 50.0 Å². The molecule has 4 N–H and O–H groups in total. The number of nitrogens with one attached hydrogen (secondary N) is 4. The summed E-state index contributed by atoms with van der Waals surface area (Å²) < 4.78 is 24.2. The Labute approximate surface area is 431 Å². The van der Waals surface area contributed by atoms with E-state index >= 15 is 0 Å². The number of benzene rings is 5. The second kappa shape index (κ2) is 21.0. The molecule has 5 aromatic carbocycles. The lowest BCUT2D eigenvalue weighted by molar-refractivity contribution is -0.130. The Morgan fingerprint density at radius 3 is 2.01 bits per heavy atom. The van der Waals surface area contributed by atoms with Gasteiger partial charge in [0.05, 0.1) is 48.8 Å². The number of aliphatic imine (C=N–C) groups is 1. The lowest BCUT2D eigenvalue weighted by Crippen LogP contribution is -2.50. The monoisotopic (exact) mass is 1030 g/mol. The molecular weight excluding hydrogens is 967 g/mol. The van der Waals surface area contributed by atoms with Crippen molar-refractivity contribution in [3.8, 4) is 23.0 Å². The van der Waals surface area contributed by atoms with Gasteiger partial charge in [-0.15, -0.1) is 9.45 Å². The number of hydrogen-bond acceptors (Lipinski definition) is 12. The number of carbonyl (C=O) groups excluding carboxylic acids is 5. The summed E-state index contributed by atoms with van der Waals surface area (Å²) >= 11 is 5.45. The average Bonchev–Trinajstić information content (AvgIpc) is 3.87. The SMILES string of the molecule is COc1cc2c(cc1OCc1cc(COc3cc4c(cc3OC)C(=O)N3c5ccccc5C[C@H]3CN4)cc(NC(=O)[C@H](C)NC(=O)[C@H](C)NC(=O)CCC(C)(C)S(C)=S)c1)N=C[C@@H]1Cc3ccccc3N1C2=O. The fourth-order valence-electron chi connectivity index (χ4n) is 9.52. The van der Waals surface area contributed by atoms with Crippen molar-refractivity contribution >= 4 is 84.8 Å². The van der Waals surface area contributed by atoms with Gasteiger partial charge in [0.1, 0.15) is 25.3 Å². The van der Waals surface area contributed by atoms with Crippen LogP contribution in [0.4, 0.5) is 28.4 Å². The van der Waals surface area contributed by atoms with Crippen LogP contribution in [0.1, 0.15) is 83.5 Å². The van der Waals surface area contributed by atoms with Crippen molar-refractivity contribution in [1.82, 2.24) is 10.6 Å². The molecule has 4 heterocycles. The highest BCUT2D eigenvalue weighted by Gasteiger charge is 2.39. The number of rotatable bonds is 17. The predicted octanol–water partition coefficient (Wildman–Crippen LogP) is 7.36. The molecule has 0 radical (unpaired) electrons. The summed E-state index contributed by atoms with van der Waals surface area (Å²) in [5.74, 6) is -0.209. The van der Waals surface area contributed by atoms with Gasteiger partial charge in [0, 0.05) is 59.5 Å². The van der Waals surface area contributed by atoms with Gasteiger partial charge in [-0.1, -0.05) is 61.4 Å². The van der Waals surface area contributed by atoms with Gasteiger partial charge in [0.25, 0.3) is 11.8 Å². The molecule has 0 aliphatic carbocycles. The van der Waals surface area contributed by atoms with Crippen LogP contribution in [0.15, 0.2) is 96.0 Å². The van der Waals surface area contributed by atoms with Gasteiger partial charge < -0.3 is 45.1 Å². The molecule has 5 amide bonds. The zero-order chi connectivity index (χ0) is 51.7. The van der Waals surface area contributed by atoms with E-state index in [1.807, 2.05) is 73.5 Å². The van der Waals surface area contributed by atoms with Crippen LogP contribution in [-0.4, -0.2) is 91.7 Å². The zero-order valence-corrected chi connectivity index (χ0v) is 43.5. The van der Waals surface area contributed by atoms with Crippen LogP contribution in [-0.2, 0) is 61.1 Å². The summed E-state index contributed by atoms with van der Waals surface area (Å²) in [6.45, 7) is 7.71. The number of para-hydroxylation sites is 2. The second-order valence-electron chi connectivity index (χ2n) is 19.3. The second-order valence-corrected chi connectivity index (χ2v) is 22.8. The molecule has 73 heavy (non-hydrogen) atoms. The van der Waals surface area contributed by atoms with Crippen LogP contribution in [0, 0.1) is 0 Å². The largest absolute Gasteiger partial charge is 0.493 e. The average molecular weight is 1030 g/mol. The molecule has 0 saturated heterocycles. The van der Waals surface area contributed by atoms with Crippen LogP contribution in [0.2, 0.25) is 0 Å². The molecular formula is C55H59N7O9S2. The minimum absolute atomic E-state index is 0.00683. The Morgan fingerprint density at radius 1 is 0.767 bits per heavy atom. The molecule has 5 atom stereocenters. The summed E-state index contributed by atoms with van der Waals surface area (Å²) in [7, 11) is 2.71. The highest BCUT2D eigenvalue weighted by molar-refractivity contribution is 8.29. The van der Waals surface area contributed by atoms with E-state index in [2.05, 4.69) is 27.3 Å². The minimum atomic E-state index is -0.993. The molecule has 4 aliphatic heterocycles. The van der Waals surface area contributed by atoms with Crippen molar-refractivity contribution in [2.45, 2.75) is 95.5 Å². The summed E-state index contributed by atoms with van der Waals surface area (Å²) in [5.41, 5.74) is 7.51. The lowest BCUT2D eigenvalue weighted by Gasteiger charge is -2.24. The number of ether oxygens (including phenoxy) is 4. The van der Waals surface area contributed by atoms with Crippen LogP contribution in [0.25, 0.3) is 0 Å².